The number of carbonyl (C=O) groups is 5. The van der Waals surface area contributed by atoms with E-state index in [1.165, 1.54) is 12.8 Å². The van der Waals surface area contributed by atoms with E-state index in [1.807, 2.05) is 139 Å². The molecule has 0 radical (unpaired) electrons. The Balaban J connectivity index is 0.00000101. The van der Waals surface area contributed by atoms with Gasteiger partial charge in [-0.15, -0.1) is 0 Å². The first kappa shape index (κ1) is 47.8. The van der Waals surface area contributed by atoms with Crippen LogP contribution in [-0.4, -0.2) is 69.0 Å². The number of aromatic nitrogens is 1. The van der Waals surface area contributed by atoms with Crippen molar-refractivity contribution in [3.8, 4) is 0 Å². The van der Waals surface area contributed by atoms with Gasteiger partial charge in [-0.05, 0) is 93.1 Å². The zero-order chi connectivity index (χ0) is 41.2. The van der Waals surface area contributed by atoms with E-state index in [-0.39, 0.29) is 29.8 Å². The molecule has 4 N–H and O–H groups in total. The topological polar surface area (TPSA) is 150 Å². The zero-order valence-electron chi connectivity index (χ0n) is 32.9. The van der Waals surface area contributed by atoms with Crippen LogP contribution in [0.25, 0.3) is 0 Å². The van der Waals surface area contributed by atoms with E-state index in [2.05, 4.69) is 42.2 Å². The lowest BCUT2D eigenvalue weighted by atomic mass is 10.0. The Bertz CT molecular complexity index is 1690. The third kappa shape index (κ3) is 18.6. The fraction of sp³-hybridized carbons (Fsp3) is 0.349. The SMILES string of the molecule is C=O.C=O.CC.C[C@H](NCCNC(=O)c1cc(C(=O)N[C@H](C)c2ccc(Br)cc2)cc(N(C)Cc2ccccc2)c1)C(=O)NCC1CC1.Cc1ccccn1. The third-order valence-corrected chi connectivity index (χ3v) is 8.72. The molecule has 0 aliphatic heterocycles. The molecule has 12 heteroatoms. The maximum atomic E-state index is 13.4. The van der Waals surface area contributed by atoms with Gasteiger partial charge in [0.25, 0.3) is 11.8 Å². The summed E-state index contributed by atoms with van der Waals surface area (Å²) in [7, 11) is 1.94. The number of nitrogens with one attached hydrogen (secondary N) is 4. The lowest BCUT2D eigenvalue weighted by Crippen LogP contribution is -2.45. The number of anilines is 1. The first-order chi connectivity index (χ1) is 26.6. The van der Waals surface area contributed by atoms with E-state index in [4.69, 9.17) is 9.59 Å². The summed E-state index contributed by atoms with van der Waals surface area (Å²) in [6, 6.07) is 28.4. The van der Waals surface area contributed by atoms with Crippen LogP contribution in [-0.2, 0) is 20.9 Å². The van der Waals surface area contributed by atoms with Crippen LogP contribution in [0.5, 0.6) is 0 Å². The molecular formula is C43H57BrN6O5. The molecule has 3 amide bonds. The largest absolute Gasteiger partial charge is 0.370 e. The Hall–Kier alpha value is -5.20. The van der Waals surface area contributed by atoms with Crippen LogP contribution in [0.15, 0.2) is 102 Å². The van der Waals surface area contributed by atoms with Crippen molar-refractivity contribution in [2.45, 2.75) is 66.1 Å². The van der Waals surface area contributed by atoms with E-state index < -0.39 is 0 Å². The number of pyridine rings is 1. The summed E-state index contributed by atoms with van der Waals surface area (Å²) in [4.78, 5) is 60.8. The molecule has 2 atom stereocenters. The monoisotopic (exact) mass is 816 g/mol. The number of hydrogen-bond acceptors (Lipinski definition) is 8. The molecule has 1 aromatic heterocycles. The highest BCUT2D eigenvalue weighted by molar-refractivity contribution is 9.10. The molecule has 1 aliphatic rings. The molecule has 1 heterocycles. The van der Waals surface area contributed by atoms with Gasteiger partial charge in [-0.1, -0.05) is 78.3 Å². The van der Waals surface area contributed by atoms with Gasteiger partial charge in [-0.2, -0.15) is 0 Å². The van der Waals surface area contributed by atoms with Crippen molar-refractivity contribution in [1.82, 2.24) is 26.3 Å². The van der Waals surface area contributed by atoms with Crippen LogP contribution >= 0.6 is 15.9 Å². The number of amides is 3. The number of aryl methyl sites for hydroxylation is 1. The van der Waals surface area contributed by atoms with Gasteiger partial charge in [0.15, 0.2) is 0 Å². The van der Waals surface area contributed by atoms with Crippen LogP contribution < -0.4 is 26.2 Å². The molecule has 3 aromatic carbocycles. The van der Waals surface area contributed by atoms with Gasteiger partial charge in [-0.3, -0.25) is 19.4 Å². The molecule has 55 heavy (non-hydrogen) atoms. The quantitative estimate of drug-likeness (QED) is 0.101. The van der Waals surface area contributed by atoms with Gasteiger partial charge in [0, 0.05) is 66.4 Å². The highest BCUT2D eigenvalue weighted by Gasteiger charge is 2.23. The predicted octanol–water partition coefficient (Wildman–Crippen LogP) is 6.86. The van der Waals surface area contributed by atoms with Crippen LogP contribution in [0.2, 0.25) is 0 Å². The number of rotatable bonds is 14. The summed E-state index contributed by atoms with van der Waals surface area (Å²) in [6.45, 7) is 15.8. The van der Waals surface area contributed by atoms with Crippen molar-refractivity contribution >= 4 is 52.9 Å². The highest BCUT2D eigenvalue weighted by atomic mass is 79.9. The van der Waals surface area contributed by atoms with Crippen molar-refractivity contribution in [3.63, 3.8) is 0 Å². The molecule has 1 aliphatic carbocycles. The smallest absolute Gasteiger partial charge is 0.251 e. The minimum absolute atomic E-state index is 0.0320. The average Bonchev–Trinajstić information content (AvgIpc) is 4.06. The fourth-order valence-electron chi connectivity index (χ4n) is 4.98. The lowest BCUT2D eigenvalue weighted by Gasteiger charge is -2.22. The van der Waals surface area contributed by atoms with Gasteiger partial charge < -0.3 is 35.8 Å². The Morgan fingerprint density at radius 1 is 0.818 bits per heavy atom. The Kier molecular flexibility index (Phi) is 23.8. The summed E-state index contributed by atoms with van der Waals surface area (Å²) < 4.78 is 0.969. The molecule has 4 aromatic rings. The van der Waals surface area contributed by atoms with E-state index in [0.29, 0.717) is 36.7 Å². The van der Waals surface area contributed by atoms with Crippen molar-refractivity contribution in [2.24, 2.45) is 5.92 Å². The number of hydrogen-bond donors (Lipinski definition) is 4. The molecule has 0 bridgehead atoms. The number of carbonyl (C=O) groups excluding carboxylic acids is 5. The van der Waals surface area contributed by atoms with E-state index in [0.717, 1.165) is 33.5 Å². The predicted molar refractivity (Wildman–Crippen MR) is 225 cm³/mol. The van der Waals surface area contributed by atoms with Crippen LogP contribution in [0.4, 0.5) is 5.69 Å². The summed E-state index contributed by atoms with van der Waals surface area (Å²) in [5.41, 5.74) is 4.72. The Morgan fingerprint density at radius 2 is 1.42 bits per heavy atom. The second kappa shape index (κ2) is 27.4. The summed E-state index contributed by atoms with van der Waals surface area (Å²) in [5.74, 6) is 0.0454. The zero-order valence-corrected chi connectivity index (χ0v) is 34.5. The first-order valence-corrected chi connectivity index (χ1v) is 19.1. The van der Waals surface area contributed by atoms with Crippen molar-refractivity contribution in [2.75, 3.05) is 31.6 Å². The molecule has 296 valence electrons. The van der Waals surface area contributed by atoms with Crippen LogP contribution in [0.3, 0.4) is 0 Å². The number of halogens is 1. The third-order valence-electron chi connectivity index (χ3n) is 8.19. The maximum Gasteiger partial charge on any atom is 0.251 e. The van der Waals surface area contributed by atoms with Gasteiger partial charge in [0.1, 0.15) is 13.6 Å². The van der Waals surface area contributed by atoms with Crippen molar-refractivity contribution in [1.29, 1.82) is 0 Å². The normalized spacial score (nSPS) is 12.1. The molecule has 1 fully saturated rings. The molecular weight excluding hydrogens is 760 g/mol. The number of benzene rings is 3. The minimum Gasteiger partial charge on any atom is -0.370 e. The van der Waals surface area contributed by atoms with Gasteiger partial charge >= 0.3 is 0 Å². The molecule has 0 saturated heterocycles. The van der Waals surface area contributed by atoms with Crippen molar-refractivity contribution in [3.05, 3.63) is 130 Å². The molecule has 5 rings (SSSR count). The second-order valence-corrected chi connectivity index (χ2v) is 13.4. The first-order valence-electron chi connectivity index (χ1n) is 18.3. The molecule has 1 saturated carbocycles. The van der Waals surface area contributed by atoms with E-state index >= 15 is 0 Å². The second-order valence-electron chi connectivity index (χ2n) is 12.4. The molecule has 0 unspecified atom stereocenters. The molecule has 11 nitrogen and oxygen atoms in total. The Labute approximate surface area is 335 Å². The van der Waals surface area contributed by atoms with E-state index in [9.17, 15) is 14.4 Å². The van der Waals surface area contributed by atoms with Gasteiger partial charge in [-0.25, -0.2) is 0 Å². The summed E-state index contributed by atoms with van der Waals surface area (Å²) >= 11 is 3.45. The van der Waals surface area contributed by atoms with Gasteiger partial charge in [0.2, 0.25) is 5.91 Å². The number of nitrogens with zero attached hydrogens (tertiary/aromatic N) is 2. The standard InChI is InChI=1S/C33H40BrN5O3.C6H7N.C2H6.2CH2O/c1-22(26-11-13-29(34)14-12-26)38-33(42)28-17-27(18-30(19-28)39(3)21-25-7-5-4-6-8-25)32(41)36-16-15-35-23(2)31(40)37-20-24-9-10-24;1-6-4-2-3-5-7-6;3*1-2/h4-8,11-14,17-19,22-24,35H,9-10,15-16,20-21H2,1-3H3,(H,36,41)(H,37,40)(H,38,42);2-5H,1H3;1-2H3;2*1H2/t22-,23+;;;;/m1..../s1. The summed E-state index contributed by atoms with van der Waals surface area (Å²) in [6.07, 6.45) is 4.16. The maximum absolute atomic E-state index is 13.4. The van der Waals surface area contributed by atoms with Crippen molar-refractivity contribution < 1.29 is 24.0 Å². The van der Waals surface area contributed by atoms with Gasteiger partial charge in [0.05, 0.1) is 12.1 Å². The van der Waals surface area contributed by atoms with Crippen LogP contribution in [0.1, 0.15) is 84.1 Å². The van der Waals surface area contributed by atoms with Crippen LogP contribution in [0, 0.1) is 12.8 Å². The summed E-state index contributed by atoms with van der Waals surface area (Å²) in [5, 5.41) is 12.1. The van der Waals surface area contributed by atoms with E-state index in [1.54, 1.807) is 18.3 Å². The average molecular weight is 818 g/mol. The molecule has 0 spiro atoms. The highest BCUT2D eigenvalue weighted by Crippen LogP contribution is 2.27. The lowest BCUT2D eigenvalue weighted by molar-refractivity contribution is -0.122. The Morgan fingerprint density at radius 3 is 1.96 bits per heavy atom. The fourth-order valence-corrected chi connectivity index (χ4v) is 5.25. The minimum atomic E-state index is -0.348.